The Hall–Kier alpha value is -1.06. The summed E-state index contributed by atoms with van der Waals surface area (Å²) in [5.41, 5.74) is 0. The van der Waals surface area contributed by atoms with Gasteiger partial charge in [-0.2, -0.15) is 0 Å². The minimum atomic E-state index is -0.890. The van der Waals surface area contributed by atoms with E-state index in [0.717, 1.165) is 6.42 Å². The van der Waals surface area contributed by atoms with E-state index < -0.39 is 12.0 Å². The van der Waals surface area contributed by atoms with Crippen molar-refractivity contribution in [2.24, 2.45) is 5.92 Å². The number of hydrogen-bond acceptors (Lipinski definition) is 2. The highest BCUT2D eigenvalue weighted by molar-refractivity contribution is 5.82. The van der Waals surface area contributed by atoms with Gasteiger partial charge in [0.1, 0.15) is 6.04 Å². The summed E-state index contributed by atoms with van der Waals surface area (Å²) in [5.74, 6) is -0.648. The van der Waals surface area contributed by atoms with Crippen LogP contribution in [0.25, 0.3) is 0 Å². The molecule has 1 saturated heterocycles. The Morgan fingerprint density at radius 2 is 1.86 bits per heavy atom. The lowest BCUT2D eigenvalue weighted by molar-refractivity contribution is -0.155. The molecule has 4 heteroatoms. The summed E-state index contributed by atoms with van der Waals surface area (Å²) in [6, 6.07) is -0.596. The van der Waals surface area contributed by atoms with Gasteiger partial charge in [0.25, 0.3) is 0 Å². The van der Waals surface area contributed by atoms with Gasteiger partial charge < -0.3 is 10.0 Å². The van der Waals surface area contributed by atoms with Crippen molar-refractivity contribution in [1.82, 2.24) is 4.90 Å². The summed E-state index contributed by atoms with van der Waals surface area (Å²) >= 11 is 0. The highest BCUT2D eigenvalue weighted by atomic mass is 16.4. The Bertz CT molecular complexity index is 252. The van der Waals surface area contributed by atoms with E-state index in [9.17, 15) is 9.59 Å². The fourth-order valence-corrected chi connectivity index (χ4v) is 2.11. The molecular formula is C10H17NO3. The fraction of sp³-hybridized carbons (Fsp3) is 0.800. The molecule has 4 nitrogen and oxygen atoms in total. The van der Waals surface area contributed by atoms with Crippen LogP contribution in [0.4, 0.5) is 0 Å². The number of amides is 1. The second-order valence-corrected chi connectivity index (χ2v) is 4.08. The van der Waals surface area contributed by atoms with Crippen molar-refractivity contribution >= 4 is 11.9 Å². The number of piperidine rings is 1. The average molecular weight is 199 g/mol. The van der Waals surface area contributed by atoms with Crippen LogP contribution in [0.3, 0.4) is 0 Å². The van der Waals surface area contributed by atoms with Crippen LogP contribution in [-0.4, -0.2) is 34.0 Å². The quantitative estimate of drug-likeness (QED) is 0.688. The van der Waals surface area contributed by atoms with Crippen molar-refractivity contribution in [3.05, 3.63) is 0 Å². The molecule has 1 aliphatic rings. The lowest BCUT2D eigenvalue weighted by atomic mass is 9.87. The molecule has 14 heavy (non-hydrogen) atoms. The standard InChI is InChI=1S/C10H17NO3/c1-6-4-5-9(10(13)14)11(7(6)2)8(3)12/h6-7,9H,4-5H2,1-3H3,(H,13,14). The average Bonchev–Trinajstić information content (AvgIpc) is 2.08. The molecule has 0 radical (unpaired) electrons. The molecule has 3 unspecified atom stereocenters. The van der Waals surface area contributed by atoms with E-state index in [2.05, 4.69) is 6.92 Å². The summed E-state index contributed by atoms with van der Waals surface area (Å²) in [7, 11) is 0. The lowest BCUT2D eigenvalue weighted by Gasteiger charge is -2.41. The van der Waals surface area contributed by atoms with Gasteiger partial charge in [0.2, 0.25) is 5.91 Å². The third kappa shape index (κ3) is 1.89. The first kappa shape index (κ1) is 11.0. The largest absolute Gasteiger partial charge is 0.480 e. The van der Waals surface area contributed by atoms with Crippen LogP contribution >= 0.6 is 0 Å². The Balaban J connectivity index is 2.87. The summed E-state index contributed by atoms with van der Waals surface area (Å²) in [5, 5.41) is 8.97. The van der Waals surface area contributed by atoms with Crippen molar-refractivity contribution < 1.29 is 14.7 Å². The molecule has 0 aromatic rings. The smallest absolute Gasteiger partial charge is 0.326 e. The molecule has 80 valence electrons. The van der Waals surface area contributed by atoms with Gasteiger partial charge in [0, 0.05) is 13.0 Å². The number of carboxylic acids is 1. The van der Waals surface area contributed by atoms with E-state index >= 15 is 0 Å². The first-order chi connectivity index (χ1) is 6.45. The van der Waals surface area contributed by atoms with Crippen molar-refractivity contribution in [1.29, 1.82) is 0 Å². The Kier molecular flexibility index (Phi) is 3.13. The van der Waals surface area contributed by atoms with Crippen LogP contribution in [0.15, 0.2) is 0 Å². The minimum absolute atomic E-state index is 0.0300. The van der Waals surface area contributed by atoms with Gasteiger partial charge in [0.05, 0.1) is 0 Å². The minimum Gasteiger partial charge on any atom is -0.480 e. The van der Waals surface area contributed by atoms with E-state index in [1.54, 1.807) is 0 Å². The van der Waals surface area contributed by atoms with E-state index in [-0.39, 0.29) is 11.9 Å². The monoisotopic (exact) mass is 199 g/mol. The maximum absolute atomic E-state index is 11.3. The number of carbonyl (C=O) groups excluding carboxylic acids is 1. The molecule has 1 rings (SSSR count). The second kappa shape index (κ2) is 3.98. The Labute approximate surface area is 83.9 Å². The number of rotatable bonds is 1. The first-order valence-electron chi connectivity index (χ1n) is 4.97. The first-order valence-corrected chi connectivity index (χ1v) is 4.97. The predicted molar refractivity (Wildman–Crippen MR) is 51.8 cm³/mol. The van der Waals surface area contributed by atoms with Gasteiger partial charge in [-0.15, -0.1) is 0 Å². The predicted octanol–water partition coefficient (Wildman–Crippen LogP) is 1.11. The maximum atomic E-state index is 11.3. The van der Waals surface area contributed by atoms with E-state index in [0.29, 0.717) is 12.3 Å². The summed E-state index contributed by atoms with van der Waals surface area (Å²) in [4.78, 5) is 23.8. The molecule has 0 bridgehead atoms. The third-order valence-electron chi connectivity index (χ3n) is 3.14. The number of hydrogen-bond donors (Lipinski definition) is 1. The van der Waals surface area contributed by atoms with Gasteiger partial charge >= 0.3 is 5.97 Å². The van der Waals surface area contributed by atoms with Gasteiger partial charge in [-0.1, -0.05) is 6.92 Å². The van der Waals surface area contributed by atoms with E-state index in [1.165, 1.54) is 11.8 Å². The molecule has 1 heterocycles. The number of nitrogens with zero attached hydrogens (tertiary/aromatic N) is 1. The molecule has 1 N–H and O–H groups in total. The third-order valence-corrected chi connectivity index (χ3v) is 3.14. The molecule has 3 atom stereocenters. The number of carboxylic acid groups (broad SMARTS) is 1. The number of carbonyl (C=O) groups is 2. The fourth-order valence-electron chi connectivity index (χ4n) is 2.11. The zero-order valence-electron chi connectivity index (χ0n) is 8.86. The number of aliphatic carboxylic acids is 1. The van der Waals surface area contributed by atoms with Crippen molar-refractivity contribution in [2.45, 2.75) is 45.7 Å². The van der Waals surface area contributed by atoms with Crippen molar-refractivity contribution in [3.8, 4) is 0 Å². The molecule has 1 fully saturated rings. The van der Waals surface area contributed by atoms with Crippen LogP contribution in [0, 0.1) is 5.92 Å². The normalized spacial score (nSPS) is 32.8. The van der Waals surface area contributed by atoms with Gasteiger partial charge in [-0.3, -0.25) is 4.79 Å². The van der Waals surface area contributed by atoms with Crippen LogP contribution in [0.5, 0.6) is 0 Å². The molecule has 0 aromatic heterocycles. The maximum Gasteiger partial charge on any atom is 0.326 e. The molecule has 0 spiro atoms. The molecular weight excluding hydrogens is 182 g/mol. The van der Waals surface area contributed by atoms with Gasteiger partial charge in [-0.05, 0) is 25.7 Å². The zero-order valence-corrected chi connectivity index (χ0v) is 8.86. The van der Waals surface area contributed by atoms with E-state index in [4.69, 9.17) is 5.11 Å². The van der Waals surface area contributed by atoms with Crippen LogP contribution in [0.2, 0.25) is 0 Å². The Morgan fingerprint density at radius 1 is 1.29 bits per heavy atom. The summed E-state index contributed by atoms with van der Waals surface area (Å²) < 4.78 is 0. The van der Waals surface area contributed by atoms with Crippen molar-refractivity contribution in [2.75, 3.05) is 0 Å². The van der Waals surface area contributed by atoms with E-state index in [1.807, 2.05) is 6.92 Å². The summed E-state index contributed by atoms with van der Waals surface area (Å²) in [6.45, 7) is 5.41. The molecule has 1 aliphatic heterocycles. The lowest BCUT2D eigenvalue weighted by Crippen LogP contribution is -2.54. The highest BCUT2D eigenvalue weighted by Gasteiger charge is 2.37. The number of likely N-dealkylation sites (tertiary alicyclic amines) is 1. The molecule has 1 amide bonds. The van der Waals surface area contributed by atoms with Crippen LogP contribution in [-0.2, 0) is 9.59 Å². The molecule has 0 aliphatic carbocycles. The highest BCUT2D eigenvalue weighted by Crippen LogP contribution is 2.27. The second-order valence-electron chi connectivity index (χ2n) is 4.08. The summed E-state index contributed by atoms with van der Waals surface area (Å²) in [6.07, 6.45) is 1.45. The van der Waals surface area contributed by atoms with Crippen LogP contribution in [0.1, 0.15) is 33.6 Å². The zero-order chi connectivity index (χ0) is 10.9. The van der Waals surface area contributed by atoms with Gasteiger partial charge in [0.15, 0.2) is 0 Å². The Morgan fingerprint density at radius 3 is 2.29 bits per heavy atom. The van der Waals surface area contributed by atoms with Gasteiger partial charge in [-0.25, -0.2) is 4.79 Å². The van der Waals surface area contributed by atoms with Crippen LogP contribution < -0.4 is 0 Å². The SMILES string of the molecule is CC(=O)N1C(C(=O)O)CCC(C)C1C. The van der Waals surface area contributed by atoms with Crippen molar-refractivity contribution in [3.63, 3.8) is 0 Å². The molecule has 0 saturated carbocycles. The molecule has 0 aromatic carbocycles. The topological polar surface area (TPSA) is 57.6 Å².